The molecule has 1 spiro atoms. The molecule has 0 radical (unpaired) electrons. The van der Waals surface area contributed by atoms with Crippen LogP contribution in [-0.4, -0.2) is 84.4 Å². The Kier molecular flexibility index (Phi) is 9.60. The van der Waals surface area contributed by atoms with E-state index in [1.807, 2.05) is 51.2 Å². The van der Waals surface area contributed by atoms with E-state index in [9.17, 15) is 22.0 Å². The molecule has 0 aromatic heterocycles. The maximum absolute atomic E-state index is 14.0. The van der Waals surface area contributed by atoms with E-state index < -0.39 is 26.9 Å². The predicted molar refractivity (Wildman–Crippen MR) is 143 cm³/mol. The number of halogens is 2. The predicted octanol–water partition coefficient (Wildman–Crippen LogP) is 4.55. The molecule has 4 atom stereocenters. The zero-order chi connectivity index (χ0) is 28.7. The molecule has 1 aliphatic heterocycles. The SMILES string of the molecule is CCOC(C)OCC1(COC(C)OCC)CSC2(SC1)C1CC3CC2CC(OC(=O)C(F)(F)S(=O)(=O)O)(C3)C1. The normalized spacial score (nSPS) is 37.7. The van der Waals surface area contributed by atoms with Crippen LogP contribution in [0.15, 0.2) is 0 Å². The first-order chi connectivity index (χ1) is 18.2. The van der Waals surface area contributed by atoms with Crippen molar-refractivity contribution in [1.29, 1.82) is 0 Å². The minimum atomic E-state index is -5.91. The molecule has 5 rings (SSSR count). The van der Waals surface area contributed by atoms with Gasteiger partial charge in [0.05, 0.1) is 17.3 Å². The van der Waals surface area contributed by atoms with Crippen molar-refractivity contribution in [2.24, 2.45) is 23.2 Å². The summed E-state index contributed by atoms with van der Waals surface area (Å²) in [5, 5.41) is -4.99. The van der Waals surface area contributed by atoms with Crippen molar-refractivity contribution in [3.05, 3.63) is 0 Å². The summed E-state index contributed by atoms with van der Waals surface area (Å²) >= 11 is 3.72. The van der Waals surface area contributed by atoms with Crippen LogP contribution in [0.4, 0.5) is 8.78 Å². The molecule has 4 saturated carbocycles. The van der Waals surface area contributed by atoms with E-state index in [0.717, 1.165) is 24.3 Å². The highest BCUT2D eigenvalue weighted by molar-refractivity contribution is 8.18. The topological polar surface area (TPSA) is 118 Å². The van der Waals surface area contributed by atoms with E-state index in [0.29, 0.717) is 45.7 Å². The Morgan fingerprint density at radius 1 is 0.949 bits per heavy atom. The van der Waals surface area contributed by atoms with Crippen molar-refractivity contribution in [2.45, 2.75) is 87.3 Å². The zero-order valence-corrected chi connectivity index (χ0v) is 25.3. The lowest BCUT2D eigenvalue weighted by Crippen LogP contribution is -2.64. The molecule has 4 aliphatic carbocycles. The highest BCUT2D eigenvalue weighted by Crippen LogP contribution is 2.70. The van der Waals surface area contributed by atoms with Gasteiger partial charge in [-0.1, -0.05) is 0 Å². The Labute approximate surface area is 237 Å². The fraction of sp³-hybridized carbons (Fsp3) is 0.960. The summed E-state index contributed by atoms with van der Waals surface area (Å²) in [7, 11) is -5.91. The molecule has 14 heteroatoms. The zero-order valence-electron chi connectivity index (χ0n) is 22.9. The van der Waals surface area contributed by atoms with Crippen LogP contribution >= 0.6 is 23.5 Å². The molecular formula is C25H40F2O9S3. The van der Waals surface area contributed by atoms with E-state index in [1.165, 1.54) is 0 Å². The van der Waals surface area contributed by atoms with Gasteiger partial charge >= 0.3 is 21.3 Å². The summed E-state index contributed by atoms with van der Waals surface area (Å²) in [6.45, 7) is 9.57. The summed E-state index contributed by atoms with van der Waals surface area (Å²) in [6.07, 6.45) is 2.36. The molecule has 4 unspecified atom stereocenters. The lowest BCUT2D eigenvalue weighted by atomic mass is 9.53. The number of hydrogen-bond acceptors (Lipinski definition) is 10. The molecule has 5 aliphatic rings. The van der Waals surface area contributed by atoms with Crippen LogP contribution in [0.25, 0.3) is 0 Å². The van der Waals surface area contributed by atoms with Crippen LogP contribution < -0.4 is 0 Å². The number of hydrogen-bond donors (Lipinski definition) is 1. The van der Waals surface area contributed by atoms with Crippen molar-refractivity contribution >= 4 is 39.6 Å². The van der Waals surface area contributed by atoms with Crippen LogP contribution in [0.2, 0.25) is 0 Å². The Bertz CT molecular complexity index is 951. The van der Waals surface area contributed by atoms with E-state index in [-0.39, 0.29) is 39.8 Å². The second kappa shape index (κ2) is 11.8. The number of rotatable bonds is 13. The lowest BCUT2D eigenvalue weighted by Gasteiger charge is -2.65. The van der Waals surface area contributed by atoms with Gasteiger partial charge in [0.15, 0.2) is 12.6 Å². The Balaban J connectivity index is 1.47. The second-order valence-corrected chi connectivity index (χ2v) is 15.6. The lowest BCUT2D eigenvalue weighted by molar-refractivity contribution is -0.202. The average molecular weight is 619 g/mol. The molecule has 0 aromatic carbocycles. The molecule has 1 saturated heterocycles. The molecule has 1 N–H and O–H groups in total. The van der Waals surface area contributed by atoms with E-state index in [4.69, 9.17) is 28.2 Å². The number of carbonyl (C=O) groups is 1. The van der Waals surface area contributed by atoms with Crippen LogP contribution in [0.3, 0.4) is 0 Å². The largest absolute Gasteiger partial charge is 0.465 e. The molecule has 226 valence electrons. The fourth-order valence-corrected chi connectivity index (χ4v) is 11.1. The summed E-state index contributed by atoms with van der Waals surface area (Å²) in [6, 6.07) is 0. The summed E-state index contributed by atoms with van der Waals surface area (Å²) in [5.41, 5.74) is -1.41. The maximum Gasteiger partial charge on any atom is 0.465 e. The van der Waals surface area contributed by atoms with Crippen LogP contribution in [0, 0.1) is 23.2 Å². The van der Waals surface area contributed by atoms with Gasteiger partial charge in [-0.2, -0.15) is 17.2 Å². The number of thioether (sulfide) groups is 2. The second-order valence-electron chi connectivity index (χ2n) is 11.4. The molecular weight excluding hydrogens is 578 g/mol. The maximum atomic E-state index is 14.0. The average Bonchev–Trinajstić information content (AvgIpc) is 2.85. The van der Waals surface area contributed by atoms with E-state index in [1.54, 1.807) is 0 Å². The van der Waals surface area contributed by atoms with Crippen molar-refractivity contribution in [3.63, 3.8) is 0 Å². The number of esters is 1. The molecule has 5 fully saturated rings. The summed E-state index contributed by atoms with van der Waals surface area (Å²) in [5.74, 6) is -0.193. The molecule has 0 aromatic rings. The summed E-state index contributed by atoms with van der Waals surface area (Å²) in [4.78, 5) is 12.2. The third-order valence-electron chi connectivity index (χ3n) is 8.40. The Morgan fingerprint density at radius 3 is 1.87 bits per heavy atom. The minimum absolute atomic E-state index is 0.121. The van der Waals surface area contributed by atoms with Gasteiger partial charge in [0.25, 0.3) is 0 Å². The van der Waals surface area contributed by atoms with Gasteiger partial charge in [-0.3, -0.25) is 4.55 Å². The van der Waals surface area contributed by atoms with Gasteiger partial charge in [0, 0.05) is 30.1 Å². The smallest absolute Gasteiger partial charge is 0.454 e. The highest BCUT2D eigenvalue weighted by atomic mass is 32.2. The summed E-state index contributed by atoms with van der Waals surface area (Å²) < 4.78 is 87.5. The van der Waals surface area contributed by atoms with Crippen LogP contribution in [0.1, 0.15) is 59.8 Å². The number of alkyl halides is 2. The number of carbonyl (C=O) groups excluding carboxylic acids is 1. The standard InChI is InChI=1S/C25H40F2O9S3/c1-5-32-16(3)34-12-22(13-35-17(4)33-6-2)14-37-24(38-15-22)19-7-18-8-20(24)11-23(9-18,10-19)36-21(28)25(26,27)39(29,30)31/h16-20H,5-15H2,1-4H3,(H,29,30,31). The quantitative estimate of drug-likeness (QED) is 0.178. The monoisotopic (exact) mass is 618 g/mol. The van der Waals surface area contributed by atoms with Gasteiger partial charge in [0.2, 0.25) is 0 Å². The van der Waals surface area contributed by atoms with Crippen LogP contribution in [0.5, 0.6) is 0 Å². The van der Waals surface area contributed by atoms with Crippen LogP contribution in [-0.2, 0) is 38.6 Å². The molecule has 39 heavy (non-hydrogen) atoms. The Hall–Kier alpha value is -0.220. The van der Waals surface area contributed by atoms with Gasteiger partial charge in [-0.05, 0) is 77.6 Å². The van der Waals surface area contributed by atoms with Gasteiger partial charge < -0.3 is 23.7 Å². The van der Waals surface area contributed by atoms with Crippen molar-refractivity contribution in [3.8, 4) is 0 Å². The molecule has 4 bridgehead atoms. The third-order valence-corrected chi connectivity index (χ3v) is 13.7. The van der Waals surface area contributed by atoms with E-state index in [2.05, 4.69) is 0 Å². The van der Waals surface area contributed by atoms with E-state index >= 15 is 0 Å². The Morgan fingerprint density at radius 2 is 1.44 bits per heavy atom. The molecule has 0 amide bonds. The van der Waals surface area contributed by atoms with Crippen molar-refractivity contribution < 1.29 is 50.2 Å². The molecule has 9 nitrogen and oxygen atoms in total. The number of ether oxygens (including phenoxy) is 5. The first-order valence-electron chi connectivity index (χ1n) is 13.5. The first kappa shape index (κ1) is 31.7. The third kappa shape index (κ3) is 6.42. The minimum Gasteiger partial charge on any atom is -0.454 e. The highest BCUT2D eigenvalue weighted by Gasteiger charge is 2.67. The molecule has 1 heterocycles. The van der Waals surface area contributed by atoms with Gasteiger partial charge in [-0.25, -0.2) is 4.79 Å². The van der Waals surface area contributed by atoms with Gasteiger partial charge in [-0.15, -0.1) is 23.5 Å². The van der Waals surface area contributed by atoms with Gasteiger partial charge in [0.1, 0.15) is 5.60 Å². The van der Waals surface area contributed by atoms with Crippen molar-refractivity contribution in [1.82, 2.24) is 0 Å². The van der Waals surface area contributed by atoms with Crippen molar-refractivity contribution in [2.75, 3.05) is 37.9 Å². The fourth-order valence-electron chi connectivity index (χ4n) is 6.79. The first-order valence-corrected chi connectivity index (χ1v) is 16.9.